The Bertz CT molecular complexity index is 470. The Labute approximate surface area is 103 Å². The van der Waals surface area contributed by atoms with E-state index in [-0.39, 0.29) is 16.1 Å². The summed E-state index contributed by atoms with van der Waals surface area (Å²) in [7, 11) is 0. The van der Waals surface area contributed by atoms with Crippen LogP contribution in [-0.4, -0.2) is 22.0 Å². The zero-order valence-electron chi connectivity index (χ0n) is 9.25. The quantitative estimate of drug-likeness (QED) is 0.773. The third-order valence-corrected chi connectivity index (χ3v) is 2.87. The van der Waals surface area contributed by atoms with E-state index in [0.717, 1.165) is 10.6 Å². The number of amides is 1. The van der Waals surface area contributed by atoms with E-state index in [4.69, 9.17) is 4.84 Å². The van der Waals surface area contributed by atoms with Crippen LogP contribution in [0.2, 0.25) is 0 Å². The standard InChI is InChI=1S/C12H11NO3S/c1-2-16-13-10(11(14)17-12(13)15)8-9-6-4-3-5-7-9/h3-8H,2H2,1H3. The molecule has 1 amide bonds. The van der Waals surface area contributed by atoms with E-state index in [2.05, 4.69) is 0 Å². The van der Waals surface area contributed by atoms with Crippen molar-refractivity contribution in [1.29, 1.82) is 0 Å². The Morgan fingerprint density at radius 3 is 2.65 bits per heavy atom. The number of nitrogens with zero attached hydrogens (tertiary/aromatic N) is 1. The predicted molar refractivity (Wildman–Crippen MR) is 65.9 cm³/mol. The first-order valence-corrected chi connectivity index (χ1v) is 6.00. The average molecular weight is 249 g/mol. The van der Waals surface area contributed by atoms with Gasteiger partial charge in [0.05, 0.1) is 6.61 Å². The van der Waals surface area contributed by atoms with Gasteiger partial charge in [-0.2, -0.15) is 5.06 Å². The van der Waals surface area contributed by atoms with Gasteiger partial charge in [-0.3, -0.25) is 14.4 Å². The van der Waals surface area contributed by atoms with Gasteiger partial charge in [-0.15, -0.1) is 0 Å². The zero-order valence-corrected chi connectivity index (χ0v) is 10.1. The molecular formula is C12H11NO3S. The van der Waals surface area contributed by atoms with Crippen LogP contribution in [0.1, 0.15) is 12.5 Å². The summed E-state index contributed by atoms with van der Waals surface area (Å²) in [5.41, 5.74) is 1.13. The smallest absolute Gasteiger partial charge is 0.279 e. The van der Waals surface area contributed by atoms with Gasteiger partial charge in [0.25, 0.3) is 0 Å². The normalized spacial score (nSPS) is 18.2. The Kier molecular flexibility index (Phi) is 3.61. The predicted octanol–water partition coefficient (Wildman–Crippen LogP) is 2.67. The maximum Gasteiger partial charge on any atom is 0.318 e. The Morgan fingerprint density at radius 2 is 2.00 bits per heavy atom. The largest absolute Gasteiger partial charge is 0.318 e. The van der Waals surface area contributed by atoms with Crippen LogP contribution in [0.25, 0.3) is 6.08 Å². The Balaban J connectivity index is 2.32. The summed E-state index contributed by atoms with van der Waals surface area (Å²) in [6.07, 6.45) is 1.65. The first kappa shape index (κ1) is 11.9. The molecule has 88 valence electrons. The van der Waals surface area contributed by atoms with Gasteiger partial charge in [-0.1, -0.05) is 30.3 Å². The summed E-state index contributed by atoms with van der Waals surface area (Å²) in [5, 5.41) is 0.381. The van der Waals surface area contributed by atoms with Crippen LogP contribution in [0.15, 0.2) is 36.0 Å². The van der Waals surface area contributed by atoms with Gasteiger partial charge in [-0.05, 0) is 18.6 Å². The highest BCUT2D eigenvalue weighted by Gasteiger charge is 2.35. The molecule has 1 fully saturated rings. The lowest BCUT2D eigenvalue weighted by Gasteiger charge is -2.13. The minimum atomic E-state index is -0.390. The van der Waals surface area contributed by atoms with Crippen LogP contribution in [0.4, 0.5) is 4.79 Å². The molecule has 0 spiro atoms. The average Bonchev–Trinajstić information content (AvgIpc) is 2.58. The molecule has 4 nitrogen and oxygen atoms in total. The number of thioether (sulfide) groups is 1. The van der Waals surface area contributed by atoms with E-state index < -0.39 is 0 Å². The van der Waals surface area contributed by atoms with Crippen molar-refractivity contribution >= 4 is 28.2 Å². The topological polar surface area (TPSA) is 46.6 Å². The molecule has 1 heterocycles. The molecule has 1 aliphatic rings. The highest BCUT2D eigenvalue weighted by Crippen LogP contribution is 2.30. The first-order chi connectivity index (χ1) is 8.22. The van der Waals surface area contributed by atoms with Crippen molar-refractivity contribution in [2.45, 2.75) is 6.92 Å². The van der Waals surface area contributed by atoms with Gasteiger partial charge in [-0.25, -0.2) is 0 Å². The molecular weight excluding hydrogens is 238 g/mol. The van der Waals surface area contributed by atoms with E-state index in [1.165, 1.54) is 0 Å². The van der Waals surface area contributed by atoms with E-state index in [1.807, 2.05) is 30.3 Å². The highest BCUT2D eigenvalue weighted by molar-refractivity contribution is 8.27. The number of hydrogen-bond donors (Lipinski definition) is 0. The molecule has 0 bridgehead atoms. The highest BCUT2D eigenvalue weighted by atomic mass is 32.2. The molecule has 17 heavy (non-hydrogen) atoms. The van der Waals surface area contributed by atoms with E-state index in [1.54, 1.807) is 13.0 Å². The lowest BCUT2D eigenvalue weighted by atomic mass is 10.2. The number of hydrogen-bond acceptors (Lipinski definition) is 4. The molecule has 5 heteroatoms. The third kappa shape index (κ3) is 2.57. The number of hydroxylamine groups is 2. The van der Waals surface area contributed by atoms with Crippen LogP contribution in [0.3, 0.4) is 0 Å². The second-order valence-electron chi connectivity index (χ2n) is 3.31. The third-order valence-electron chi connectivity index (χ3n) is 2.13. The summed E-state index contributed by atoms with van der Waals surface area (Å²) in [5.74, 6) is 0. The first-order valence-electron chi connectivity index (χ1n) is 5.18. The second kappa shape index (κ2) is 5.16. The van der Waals surface area contributed by atoms with Gasteiger partial charge in [0.2, 0.25) is 5.12 Å². The number of carbonyl (C=O) groups is 2. The molecule has 1 saturated heterocycles. The van der Waals surface area contributed by atoms with Gasteiger partial charge in [0.1, 0.15) is 5.70 Å². The van der Waals surface area contributed by atoms with Gasteiger partial charge in [0, 0.05) is 11.8 Å². The summed E-state index contributed by atoms with van der Waals surface area (Å²) in [4.78, 5) is 28.2. The van der Waals surface area contributed by atoms with Gasteiger partial charge in [0.15, 0.2) is 0 Å². The van der Waals surface area contributed by atoms with Crippen LogP contribution in [-0.2, 0) is 9.63 Å². The monoisotopic (exact) mass is 249 g/mol. The van der Waals surface area contributed by atoms with Crippen molar-refractivity contribution < 1.29 is 14.4 Å². The fraction of sp³-hybridized carbons (Fsp3) is 0.167. The van der Waals surface area contributed by atoms with Gasteiger partial charge >= 0.3 is 5.24 Å². The maximum atomic E-state index is 11.6. The molecule has 0 N–H and O–H groups in total. The van der Waals surface area contributed by atoms with Crippen LogP contribution in [0.5, 0.6) is 0 Å². The molecule has 0 aliphatic carbocycles. The number of benzene rings is 1. The zero-order chi connectivity index (χ0) is 12.3. The van der Waals surface area contributed by atoms with Crippen molar-refractivity contribution in [3.8, 4) is 0 Å². The number of carbonyl (C=O) groups excluding carboxylic acids is 2. The van der Waals surface area contributed by atoms with E-state index in [9.17, 15) is 9.59 Å². The molecule has 0 saturated carbocycles. The molecule has 0 unspecified atom stereocenters. The minimum Gasteiger partial charge on any atom is -0.279 e. The minimum absolute atomic E-state index is 0.271. The van der Waals surface area contributed by atoms with Crippen molar-refractivity contribution in [3.63, 3.8) is 0 Å². The van der Waals surface area contributed by atoms with E-state index >= 15 is 0 Å². The fourth-order valence-electron chi connectivity index (χ4n) is 1.43. The lowest BCUT2D eigenvalue weighted by Crippen LogP contribution is -2.22. The molecule has 1 aromatic carbocycles. The lowest BCUT2D eigenvalue weighted by molar-refractivity contribution is -0.115. The van der Waals surface area contributed by atoms with Crippen molar-refractivity contribution in [1.82, 2.24) is 5.06 Å². The Hall–Kier alpha value is -1.59. The summed E-state index contributed by atoms with van der Waals surface area (Å²) in [6, 6.07) is 9.34. The van der Waals surface area contributed by atoms with Crippen molar-refractivity contribution in [3.05, 3.63) is 41.6 Å². The van der Waals surface area contributed by atoms with Crippen LogP contribution >= 0.6 is 11.8 Å². The SMILES string of the molecule is CCON1C(=O)SC(=O)C1=Cc1ccccc1. The summed E-state index contributed by atoms with van der Waals surface area (Å²) in [6.45, 7) is 2.10. The van der Waals surface area contributed by atoms with Gasteiger partial charge < -0.3 is 0 Å². The van der Waals surface area contributed by atoms with Crippen molar-refractivity contribution in [2.24, 2.45) is 0 Å². The van der Waals surface area contributed by atoms with Crippen LogP contribution in [0, 0.1) is 0 Å². The second-order valence-corrected chi connectivity index (χ2v) is 4.23. The van der Waals surface area contributed by atoms with Crippen LogP contribution < -0.4 is 0 Å². The number of rotatable bonds is 3. The molecule has 2 rings (SSSR count). The van der Waals surface area contributed by atoms with E-state index in [0.29, 0.717) is 18.4 Å². The molecule has 0 atom stereocenters. The fourth-order valence-corrected chi connectivity index (χ4v) is 2.07. The molecule has 0 radical (unpaired) electrons. The summed E-state index contributed by atoms with van der Waals surface area (Å²) < 4.78 is 0. The maximum absolute atomic E-state index is 11.6. The molecule has 0 aromatic heterocycles. The Morgan fingerprint density at radius 1 is 1.29 bits per heavy atom. The summed E-state index contributed by atoms with van der Waals surface area (Å²) >= 11 is 0.651. The molecule has 1 aromatic rings. The van der Waals surface area contributed by atoms with Crippen molar-refractivity contribution in [2.75, 3.05) is 6.61 Å². The molecule has 1 aliphatic heterocycles.